The first-order chi connectivity index (χ1) is 21.9. The summed E-state index contributed by atoms with van der Waals surface area (Å²) in [6.07, 6.45) is 4.97. The second-order valence-corrected chi connectivity index (χ2v) is 10.2. The van der Waals surface area contributed by atoms with E-state index in [1.807, 2.05) is 0 Å². The first-order valence-corrected chi connectivity index (χ1v) is 17.5. The summed E-state index contributed by atoms with van der Waals surface area (Å²) in [6, 6.07) is 0. The van der Waals surface area contributed by atoms with Crippen LogP contribution in [-0.2, 0) is 56.8 Å². The molecule has 0 aliphatic rings. The summed E-state index contributed by atoms with van der Waals surface area (Å²) in [6.45, 7) is 11.8. The summed E-state index contributed by atoms with van der Waals surface area (Å²) in [5.74, 6) is 0. The van der Waals surface area contributed by atoms with E-state index in [4.69, 9.17) is 56.8 Å². The van der Waals surface area contributed by atoms with Crippen molar-refractivity contribution >= 4 is 22.6 Å². The van der Waals surface area contributed by atoms with Gasteiger partial charge >= 0.3 is 0 Å². The molecule has 12 nitrogen and oxygen atoms in total. The predicted molar refractivity (Wildman–Crippen MR) is 173 cm³/mol. The third kappa shape index (κ3) is 42.2. The van der Waals surface area contributed by atoms with Crippen molar-refractivity contribution in [3.8, 4) is 0 Å². The number of unbranched alkanes of at least 4 members (excludes halogenated alkanes) is 3. The highest BCUT2D eigenvalue weighted by molar-refractivity contribution is 14.1. The van der Waals surface area contributed by atoms with Crippen LogP contribution >= 0.6 is 22.6 Å². The van der Waals surface area contributed by atoms with Gasteiger partial charge in [-0.15, -0.1) is 0 Å². The summed E-state index contributed by atoms with van der Waals surface area (Å²) in [5.41, 5.74) is 0. The van der Waals surface area contributed by atoms with Gasteiger partial charge in [0.05, 0.1) is 152 Å². The Bertz CT molecular complexity index is 461. The maximum atomic E-state index is 11.8. The summed E-state index contributed by atoms with van der Waals surface area (Å²) in [4.78, 5) is 0. The lowest BCUT2D eigenvalue weighted by molar-refractivity contribution is -0.0284. The number of alkyl halides is 2. The van der Waals surface area contributed by atoms with E-state index in [1.165, 1.54) is 23.7 Å². The number of rotatable bonds is 41. The fourth-order valence-electron chi connectivity index (χ4n) is 3.23. The van der Waals surface area contributed by atoms with Gasteiger partial charge in [0.15, 0.2) is 0 Å². The maximum absolute atomic E-state index is 11.8. The van der Waals surface area contributed by atoms with Crippen LogP contribution in [0.25, 0.3) is 0 Å². The fraction of sp³-hybridized carbons (Fsp3) is 1.00. The van der Waals surface area contributed by atoms with Crippen molar-refractivity contribution in [3.05, 3.63) is 0 Å². The largest absolute Gasteiger partial charge is 0.379 e. The molecular formula is C30H60FIO12. The number of hydrogen-bond donors (Lipinski definition) is 0. The molecule has 0 radical (unpaired) electrons. The van der Waals surface area contributed by atoms with Gasteiger partial charge in [0, 0.05) is 6.61 Å². The van der Waals surface area contributed by atoms with Gasteiger partial charge in [0.2, 0.25) is 0 Å². The summed E-state index contributed by atoms with van der Waals surface area (Å²) >= 11 is 2.42. The zero-order valence-corrected chi connectivity index (χ0v) is 29.0. The molecule has 0 unspecified atom stereocenters. The average molecular weight is 759 g/mol. The normalized spacial score (nSPS) is 11.6. The molecule has 44 heavy (non-hydrogen) atoms. The van der Waals surface area contributed by atoms with Crippen molar-refractivity contribution in [2.24, 2.45) is 0 Å². The van der Waals surface area contributed by atoms with Crippen molar-refractivity contribution in [1.82, 2.24) is 0 Å². The Hall–Kier alpha value is 0.180. The van der Waals surface area contributed by atoms with E-state index in [2.05, 4.69) is 22.6 Å². The van der Waals surface area contributed by atoms with Gasteiger partial charge in [-0.3, -0.25) is 0 Å². The minimum atomic E-state index is -0.473. The summed E-state index contributed by atoms with van der Waals surface area (Å²) < 4.78 is 78.0. The van der Waals surface area contributed by atoms with Crippen molar-refractivity contribution in [2.45, 2.75) is 25.7 Å². The molecule has 0 saturated heterocycles. The third-order valence-corrected chi connectivity index (χ3v) is 6.25. The highest BCUT2D eigenvalue weighted by Gasteiger charge is 1.97. The Morgan fingerprint density at radius 2 is 0.455 bits per heavy atom. The molecule has 0 saturated carbocycles. The van der Waals surface area contributed by atoms with E-state index in [-0.39, 0.29) is 6.61 Å². The second-order valence-electron chi connectivity index (χ2n) is 9.14. The van der Waals surface area contributed by atoms with Crippen LogP contribution < -0.4 is 0 Å². The molecule has 14 heteroatoms. The Balaban J connectivity index is 3.03. The van der Waals surface area contributed by atoms with Crippen molar-refractivity contribution in [1.29, 1.82) is 0 Å². The highest BCUT2D eigenvalue weighted by Crippen LogP contribution is 2.02. The van der Waals surface area contributed by atoms with E-state index >= 15 is 0 Å². The summed E-state index contributed by atoms with van der Waals surface area (Å²) in [5, 5.41) is 0. The molecule has 0 bridgehead atoms. The Kier molecular flexibility index (Phi) is 43.4. The van der Waals surface area contributed by atoms with E-state index in [0.29, 0.717) is 145 Å². The zero-order valence-electron chi connectivity index (χ0n) is 26.9. The maximum Gasteiger partial charge on any atom is 0.113 e. The number of ether oxygens (including phenoxy) is 12. The van der Waals surface area contributed by atoms with Gasteiger partial charge in [0.1, 0.15) is 6.67 Å². The van der Waals surface area contributed by atoms with Crippen molar-refractivity contribution < 1.29 is 61.2 Å². The molecule has 0 N–H and O–H groups in total. The molecule has 0 rings (SSSR count). The van der Waals surface area contributed by atoms with Gasteiger partial charge in [-0.05, 0) is 17.3 Å². The van der Waals surface area contributed by atoms with Gasteiger partial charge in [-0.2, -0.15) is 0 Å². The molecule has 0 spiro atoms. The smallest absolute Gasteiger partial charge is 0.113 e. The van der Waals surface area contributed by atoms with Crippen LogP contribution in [0.4, 0.5) is 4.39 Å². The molecule has 0 aromatic heterocycles. The molecule has 0 fully saturated rings. The molecule has 0 amide bonds. The first kappa shape index (κ1) is 44.2. The van der Waals surface area contributed by atoms with E-state index in [0.717, 1.165) is 13.0 Å². The van der Waals surface area contributed by atoms with E-state index in [1.54, 1.807) is 0 Å². The molecule has 0 aliphatic heterocycles. The molecule has 266 valence electrons. The van der Waals surface area contributed by atoms with Crippen LogP contribution in [0.3, 0.4) is 0 Å². The van der Waals surface area contributed by atoms with Crippen LogP contribution in [-0.4, -0.2) is 170 Å². The van der Waals surface area contributed by atoms with E-state index in [9.17, 15) is 4.39 Å². The van der Waals surface area contributed by atoms with Crippen molar-refractivity contribution in [3.63, 3.8) is 0 Å². The Morgan fingerprint density at radius 1 is 0.250 bits per heavy atom. The average Bonchev–Trinajstić information content (AvgIpc) is 3.04. The second kappa shape index (κ2) is 43.2. The minimum absolute atomic E-state index is 0.115. The molecule has 0 aromatic rings. The van der Waals surface area contributed by atoms with Crippen LogP contribution in [0.5, 0.6) is 0 Å². The monoisotopic (exact) mass is 758 g/mol. The van der Waals surface area contributed by atoms with Gasteiger partial charge in [-0.1, -0.05) is 35.4 Å². The zero-order chi connectivity index (χ0) is 31.7. The van der Waals surface area contributed by atoms with Crippen LogP contribution in [0.1, 0.15) is 25.7 Å². The van der Waals surface area contributed by atoms with Crippen LogP contribution in [0.15, 0.2) is 0 Å². The lowest BCUT2D eigenvalue weighted by atomic mass is 10.2. The standard InChI is InChI=1S/C30H60FIO12/c31-5-8-34-10-12-36-14-16-38-18-20-40-22-24-42-26-28-44-30-29-43-27-25-41-23-21-39-19-17-37-15-13-35-11-9-33-7-4-2-1-3-6-32/h1-30H2. The van der Waals surface area contributed by atoms with Crippen LogP contribution in [0, 0.1) is 0 Å². The van der Waals surface area contributed by atoms with Gasteiger partial charge in [-0.25, -0.2) is 4.39 Å². The third-order valence-electron chi connectivity index (χ3n) is 5.49. The fourth-order valence-corrected chi connectivity index (χ4v) is 3.77. The summed E-state index contributed by atoms with van der Waals surface area (Å²) in [7, 11) is 0. The van der Waals surface area contributed by atoms with E-state index < -0.39 is 6.67 Å². The predicted octanol–water partition coefficient (Wildman–Crippen LogP) is 3.15. The van der Waals surface area contributed by atoms with Crippen molar-refractivity contribution in [2.75, 3.05) is 170 Å². The SMILES string of the molecule is FCCOCCOCCOCCOCCOCCOCCOCCOCCOCCOCCOCCOCCCCCCI. The Morgan fingerprint density at radius 3 is 0.682 bits per heavy atom. The Labute approximate surface area is 278 Å². The number of halogens is 2. The molecule has 0 heterocycles. The van der Waals surface area contributed by atoms with Gasteiger partial charge < -0.3 is 56.8 Å². The quantitative estimate of drug-likeness (QED) is 0.0520. The highest BCUT2D eigenvalue weighted by atomic mass is 127. The van der Waals surface area contributed by atoms with Crippen LogP contribution in [0.2, 0.25) is 0 Å². The lowest BCUT2D eigenvalue weighted by Crippen LogP contribution is -2.15. The molecular weight excluding hydrogens is 698 g/mol. The molecule has 0 atom stereocenters. The molecule has 0 aliphatic carbocycles. The lowest BCUT2D eigenvalue weighted by Gasteiger charge is -2.09. The molecule has 0 aromatic carbocycles. The minimum Gasteiger partial charge on any atom is -0.379 e. The number of hydrogen-bond acceptors (Lipinski definition) is 12. The van der Waals surface area contributed by atoms with Gasteiger partial charge in [0.25, 0.3) is 0 Å². The first-order valence-electron chi connectivity index (χ1n) is 16.0. The topological polar surface area (TPSA) is 111 Å².